The van der Waals surface area contributed by atoms with Crippen molar-refractivity contribution in [1.29, 1.82) is 0 Å². The number of aryl methyl sites for hydroxylation is 1. The minimum absolute atomic E-state index is 0.678. The molecule has 0 heterocycles. The predicted molar refractivity (Wildman–Crippen MR) is 106 cm³/mol. The van der Waals surface area contributed by atoms with E-state index in [1.807, 2.05) is 12.1 Å². The minimum atomic E-state index is -0.830. The van der Waals surface area contributed by atoms with E-state index in [1.165, 1.54) is 21.7 Å². The smallest absolute Gasteiger partial charge is 0.103 e. The first-order chi connectivity index (χ1) is 11.7. The topological polar surface area (TPSA) is 38.4 Å². The molecule has 0 fully saturated rings. The van der Waals surface area contributed by atoms with Gasteiger partial charge in [-0.2, -0.15) is 0 Å². The van der Waals surface area contributed by atoms with Crippen molar-refractivity contribution in [2.24, 2.45) is 10.5 Å². The van der Waals surface area contributed by atoms with Crippen LogP contribution in [0.15, 0.2) is 89.7 Å². The maximum absolute atomic E-state index is 6.29. The van der Waals surface area contributed by atoms with E-state index in [2.05, 4.69) is 79.7 Å². The summed E-state index contributed by atoms with van der Waals surface area (Å²) in [6.07, 6.45) is 0.679. The molecular formula is C21H21N2P. The molecule has 0 aromatic heterocycles. The molecule has 0 spiro atoms. The molecule has 0 unspecified atom stereocenters. The van der Waals surface area contributed by atoms with Gasteiger partial charge in [-0.15, -0.1) is 0 Å². The molecule has 0 saturated heterocycles. The largest absolute Gasteiger partial charge is 0.387 e. The highest BCUT2D eigenvalue weighted by Gasteiger charge is 2.13. The van der Waals surface area contributed by atoms with Crippen molar-refractivity contribution in [1.82, 2.24) is 0 Å². The molecule has 0 radical (unpaired) electrons. The average molecular weight is 332 g/mol. The van der Waals surface area contributed by atoms with Gasteiger partial charge in [0.15, 0.2) is 0 Å². The Labute approximate surface area is 144 Å². The van der Waals surface area contributed by atoms with Crippen LogP contribution in [0.1, 0.15) is 11.1 Å². The van der Waals surface area contributed by atoms with E-state index in [9.17, 15) is 0 Å². The lowest BCUT2D eigenvalue weighted by Crippen LogP contribution is -2.18. The van der Waals surface area contributed by atoms with Crippen LogP contribution in [-0.4, -0.2) is 5.84 Å². The molecule has 24 heavy (non-hydrogen) atoms. The first-order valence-corrected chi connectivity index (χ1v) is 9.30. The van der Waals surface area contributed by atoms with E-state index in [4.69, 9.17) is 10.5 Å². The van der Waals surface area contributed by atoms with E-state index in [1.54, 1.807) is 0 Å². The van der Waals surface area contributed by atoms with Crippen LogP contribution in [0.5, 0.6) is 0 Å². The van der Waals surface area contributed by atoms with Gasteiger partial charge in [-0.25, -0.2) is 4.76 Å². The highest BCUT2D eigenvalue weighted by Crippen LogP contribution is 2.35. The number of rotatable bonds is 5. The first kappa shape index (κ1) is 16.4. The van der Waals surface area contributed by atoms with Crippen molar-refractivity contribution in [3.8, 4) is 0 Å². The molecule has 3 aromatic rings. The number of hydrogen-bond acceptors (Lipinski definition) is 1. The van der Waals surface area contributed by atoms with Crippen LogP contribution in [-0.2, 0) is 6.42 Å². The third kappa shape index (κ3) is 4.31. The molecule has 0 bridgehead atoms. The Bertz CT molecular complexity index is 757. The van der Waals surface area contributed by atoms with Crippen molar-refractivity contribution in [2.45, 2.75) is 13.3 Å². The summed E-state index contributed by atoms with van der Waals surface area (Å²) in [4.78, 5) is 0. The third-order valence-corrected chi connectivity index (χ3v) is 5.77. The van der Waals surface area contributed by atoms with Gasteiger partial charge in [-0.3, -0.25) is 0 Å². The summed E-state index contributed by atoms with van der Waals surface area (Å²) in [6.45, 7) is 2.09. The van der Waals surface area contributed by atoms with Gasteiger partial charge in [-0.1, -0.05) is 90.5 Å². The second-order valence-electron chi connectivity index (χ2n) is 5.74. The Morgan fingerprint density at radius 2 is 1.29 bits per heavy atom. The van der Waals surface area contributed by atoms with Gasteiger partial charge in [0.2, 0.25) is 0 Å². The van der Waals surface area contributed by atoms with E-state index < -0.39 is 8.07 Å². The van der Waals surface area contributed by atoms with Crippen molar-refractivity contribution in [2.75, 3.05) is 0 Å². The van der Waals surface area contributed by atoms with Crippen LogP contribution in [0, 0.1) is 6.92 Å². The lowest BCUT2D eigenvalue weighted by molar-refractivity contribution is 1.28. The standard InChI is InChI=1S/C21H21N2P/c1-17-12-14-18(15-13-17)16-21(22)23-24(19-8-4-2-5-9-19)20-10-6-3-7-11-20/h2-15H,16H2,1H3,(H2,22,23). The molecule has 3 rings (SSSR count). The summed E-state index contributed by atoms with van der Waals surface area (Å²) in [7, 11) is -0.830. The molecule has 0 atom stereocenters. The second-order valence-corrected chi connectivity index (χ2v) is 7.59. The lowest BCUT2D eigenvalue weighted by atomic mass is 10.1. The number of benzene rings is 3. The lowest BCUT2D eigenvalue weighted by Gasteiger charge is -2.14. The molecule has 120 valence electrons. The molecule has 0 saturated carbocycles. The number of nitrogens with two attached hydrogens (primary N) is 1. The maximum atomic E-state index is 6.29. The zero-order chi connectivity index (χ0) is 16.8. The second kappa shape index (κ2) is 7.90. The van der Waals surface area contributed by atoms with Gasteiger partial charge < -0.3 is 5.73 Å². The fraction of sp³-hybridized carbons (Fsp3) is 0.0952. The molecule has 2 nitrogen and oxygen atoms in total. The molecule has 0 aliphatic carbocycles. The quantitative estimate of drug-likeness (QED) is 0.429. The van der Waals surface area contributed by atoms with Gasteiger partial charge in [0.05, 0.1) is 8.07 Å². The summed E-state index contributed by atoms with van der Waals surface area (Å²) in [5, 5.41) is 2.43. The fourth-order valence-electron chi connectivity index (χ4n) is 2.48. The highest BCUT2D eigenvalue weighted by atomic mass is 31.1. The zero-order valence-corrected chi connectivity index (χ0v) is 14.7. The van der Waals surface area contributed by atoms with Gasteiger partial charge >= 0.3 is 0 Å². The molecule has 0 aliphatic heterocycles. The summed E-state index contributed by atoms with van der Waals surface area (Å²) in [5.41, 5.74) is 8.73. The average Bonchev–Trinajstić information content (AvgIpc) is 2.63. The molecule has 3 aromatic carbocycles. The summed E-state index contributed by atoms with van der Waals surface area (Å²) < 4.78 is 4.89. The molecule has 3 heteroatoms. The first-order valence-electron chi connectivity index (χ1n) is 8.01. The summed E-state index contributed by atoms with van der Waals surface area (Å²) in [6, 6.07) is 29.2. The number of amidine groups is 1. The predicted octanol–water partition coefficient (Wildman–Crippen LogP) is 3.94. The Balaban J connectivity index is 1.89. The molecular weight excluding hydrogens is 311 g/mol. The molecule has 0 aliphatic rings. The fourth-order valence-corrected chi connectivity index (χ4v) is 4.25. The van der Waals surface area contributed by atoms with E-state index in [0.29, 0.717) is 12.3 Å². The van der Waals surface area contributed by atoms with Crippen LogP contribution in [0.2, 0.25) is 0 Å². The number of nitrogens with zero attached hydrogens (tertiary/aromatic N) is 1. The van der Waals surface area contributed by atoms with E-state index in [0.717, 1.165) is 0 Å². The van der Waals surface area contributed by atoms with Crippen molar-refractivity contribution in [3.05, 3.63) is 96.1 Å². The van der Waals surface area contributed by atoms with Gasteiger partial charge in [0.1, 0.15) is 5.84 Å². The SMILES string of the molecule is Cc1ccc(CC(N)=NP(c2ccccc2)c2ccccc2)cc1. The summed E-state index contributed by atoms with van der Waals surface area (Å²) in [5.74, 6) is 0.678. The van der Waals surface area contributed by atoms with Crippen LogP contribution in [0.25, 0.3) is 0 Å². The zero-order valence-electron chi connectivity index (χ0n) is 13.8. The van der Waals surface area contributed by atoms with Crippen molar-refractivity contribution < 1.29 is 0 Å². The van der Waals surface area contributed by atoms with Crippen LogP contribution in [0.4, 0.5) is 0 Å². The Morgan fingerprint density at radius 3 is 1.79 bits per heavy atom. The van der Waals surface area contributed by atoms with Crippen molar-refractivity contribution >= 4 is 24.5 Å². The highest BCUT2D eigenvalue weighted by molar-refractivity contribution is 7.71. The van der Waals surface area contributed by atoms with Crippen molar-refractivity contribution in [3.63, 3.8) is 0 Å². The Kier molecular flexibility index (Phi) is 5.40. The van der Waals surface area contributed by atoms with E-state index in [-0.39, 0.29) is 0 Å². The Morgan fingerprint density at radius 1 is 0.792 bits per heavy atom. The van der Waals surface area contributed by atoms with E-state index >= 15 is 0 Å². The van der Waals surface area contributed by atoms with Crippen LogP contribution < -0.4 is 16.3 Å². The van der Waals surface area contributed by atoms with Gasteiger partial charge in [0, 0.05) is 17.0 Å². The molecule has 2 N–H and O–H groups in total. The van der Waals surface area contributed by atoms with Crippen LogP contribution >= 0.6 is 8.07 Å². The monoisotopic (exact) mass is 332 g/mol. The minimum Gasteiger partial charge on any atom is -0.387 e. The third-order valence-electron chi connectivity index (χ3n) is 3.74. The number of hydrogen-bond donors (Lipinski definition) is 1. The Hall–Kier alpha value is -2.44. The van der Waals surface area contributed by atoms with Gasteiger partial charge in [-0.05, 0) is 12.5 Å². The maximum Gasteiger partial charge on any atom is 0.103 e. The summed E-state index contributed by atoms with van der Waals surface area (Å²) >= 11 is 0. The molecule has 0 amide bonds. The van der Waals surface area contributed by atoms with Crippen LogP contribution in [0.3, 0.4) is 0 Å². The normalized spacial score (nSPS) is 11.7. The van der Waals surface area contributed by atoms with Gasteiger partial charge in [0.25, 0.3) is 0 Å².